The molecule has 0 bridgehead atoms. The Morgan fingerprint density at radius 1 is 0.778 bits per heavy atom. The van der Waals surface area contributed by atoms with Crippen LogP contribution in [0.5, 0.6) is 0 Å². The molecule has 0 fully saturated rings. The van der Waals surface area contributed by atoms with E-state index in [9.17, 15) is 0 Å². The first-order chi connectivity index (χ1) is 8.54. The molecule has 2 rings (SSSR count). The largest absolute Gasteiger partial charge is 0.0613 e. The van der Waals surface area contributed by atoms with Crippen molar-refractivity contribution in [3.8, 4) is 11.1 Å². The van der Waals surface area contributed by atoms with E-state index in [1.165, 1.54) is 38.9 Å². The van der Waals surface area contributed by atoms with Crippen LogP contribution >= 0.6 is 0 Å². The normalized spacial score (nSPS) is 10.7. The second kappa shape index (κ2) is 4.97. The summed E-state index contributed by atoms with van der Waals surface area (Å²) in [5, 5.41) is 0. The number of rotatable bonds is 2. The van der Waals surface area contributed by atoms with Gasteiger partial charge in [-0.3, -0.25) is 0 Å². The Morgan fingerprint density at radius 3 is 2.11 bits per heavy atom. The smallest absolute Gasteiger partial charge is 0.0152 e. The van der Waals surface area contributed by atoms with Gasteiger partial charge in [-0.15, -0.1) is 0 Å². The molecule has 2 aromatic carbocycles. The fourth-order valence-electron chi connectivity index (χ4n) is 2.49. The van der Waals surface area contributed by atoms with Crippen LogP contribution in [0.25, 0.3) is 11.1 Å². The van der Waals surface area contributed by atoms with E-state index in [4.69, 9.17) is 0 Å². The van der Waals surface area contributed by atoms with E-state index in [1.807, 2.05) is 0 Å². The second-order valence-electron chi connectivity index (χ2n) is 5.17. The van der Waals surface area contributed by atoms with Gasteiger partial charge in [-0.2, -0.15) is 0 Å². The summed E-state index contributed by atoms with van der Waals surface area (Å²) >= 11 is 0. The molecule has 2 aromatic rings. The molecule has 0 unspecified atom stereocenters. The number of benzene rings is 2. The van der Waals surface area contributed by atoms with E-state index in [2.05, 4.69) is 65.0 Å². The molecule has 0 spiro atoms. The topological polar surface area (TPSA) is 0 Å². The molecule has 0 atom stereocenters. The van der Waals surface area contributed by atoms with Crippen LogP contribution < -0.4 is 0 Å². The molecule has 0 heterocycles. The Labute approximate surface area is 111 Å². The van der Waals surface area contributed by atoms with Crippen LogP contribution in [0, 0.1) is 27.7 Å². The second-order valence-corrected chi connectivity index (χ2v) is 5.17. The molecule has 0 aromatic heterocycles. The fourth-order valence-corrected chi connectivity index (χ4v) is 2.49. The van der Waals surface area contributed by atoms with E-state index in [0.29, 0.717) is 0 Å². The van der Waals surface area contributed by atoms with E-state index in [0.717, 1.165) is 6.42 Å². The van der Waals surface area contributed by atoms with Crippen LogP contribution in [0.3, 0.4) is 0 Å². The molecule has 0 saturated heterocycles. The van der Waals surface area contributed by atoms with Gasteiger partial charge in [-0.1, -0.05) is 37.3 Å². The van der Waals surface area contributed by atoms with Gasteiger partial charge >= 0.3 is 0 Å². The van der Waals surface area contributed by atoms with E-state index in [1.54, 1.807) is 0 Å². The van der Waals surface area contributed by atoms with Gasteiger partial charge in [-0.05, 0) is 73.1 Å². The van der Waals surface area contributed by atoms with Gasteiger partial charge in [-0.25, -0.2) is 0 Å². The predicted octanol–water partition coefficient (Wildman–Crippen LogP) is 5.15. The van der Waals surface area contributed by atoms with Crippen LogP contribution in [0.1, 0.15) is 34.7 Å². The number of hydrogen-bond donors (Lipinski definition) is 0. The molecule has 0 aliphatic heterocycles. The number of aryl methyl sites for hydroxylation is 3. The molecule has 94 valence electrons. The molecule has 0 nitrogen and oxygen atoms in total. The maximum atomic E-state index is 2.34. The van der Waals surface area contributed by atoms with Crippen molar-refractivity contribution in [2.24, 2.45) is 0 Å². The number of hydrogen-bond acceptors (Lipinski definition) is 0. The third-order valence-corrected chi connectivity index (χ3v) is 4.10. The van der Waals surface area contributed by atoms with Crippen LogP contribution in [-0.2, 0) is 6.42 Å². The first-order valence-electron chi connectivity index (χ1n) is 6.71. The molecule has 0 radical (unpaired) electrons. The van der Waals surface area contributed by atoms with Crippen molar-refractivity contribution < 1.29 is 0 Å². The van der Waals surface area contributed by atoms with Crippen molar-refractivity contribution in [3.63, 3.8) is 0 Å². The summed E-state index contributed by atoms with van der Waals surface area (Å²) in [6.45, 7) is 11.0. The van der Waals surface area contributed by atoms with Crippen LogP contribution in [0.15, 0.2) is 30.3 Å². The van der Waals surface area contributed by atoms with Gasteiger partial charge in [0.15, 0.2) is 0 Å². The van der Waals surface area contributed by atoms with Gasteiger partial charge in [0.2, 0.25) is 0 Å². The highest BCUT2D eigenvalue weighted by Crippen LogP contribution is 2.28. The highest BCUT2D eigenvalue weighted by molar-refractivity contribution is 5.70. The lowest BCUT2D eigenvalue weighted by Crippen LogP contribution is -1.93. The zero-order chi connectivity index (χ0) is 13.3. The van der Waals surface area contributed by atoms with E-state index in [-0.39, 0.29) is 0 Å². The van der Waals surface area contributed by atoms with Crippen molar-refractivity contribution in [3.05, 3.63) is 58.1 Å². The maximum absolute atomic E-state index is 2.34. The molecule has 18 heavy (non-hydrogen) atoms. The average Bonchev–Trinajstić information content (AvgIpc) is 2.37. The summed E-state index contributed by atoms with van der Waals surface area (Å²) in [7, 11) is 0. The first-order valence-corrected chi connectivity index (χ1v) is 6.71. The molecular weight excluding hydrogens is 216 g/mol. The molecule has 0 saturated carbocycles. The van der Waals surface area contributed by atoms with Gasteiger partial charge < -0.3 is 0 Å². The molecule has 0 amide bonds. The fraction of sp³-hybridized carbons (Fsp3) is 0.333. The van der Waals surface area contributed by atoms with Crippen molar-refractivity contribution in [2.45, 2.75) is 41.0 Å². The van der Waals surface area contributed by atoms with Gasteiger partial charge in [0.05, 0.1) is 0 Å². The summed E-state index contributed by atoms with van der Waals surface area (Å²) in [6, 6.07) is 11.3. The van der Waals surface area contributed by atoms with Crippen molar-refractivity contribution in [1.29, 1.82) is 0 Å². The maximum Gasteiger partial charge on any atom is -0.0152 e. The Bertz CT molecular complexity index is 577. The summed E-state index contributed by atoms with van der Waals surface area (Å²) in [4.78, 5) is 0. The summed E-state index contributed by atoms with van der Waals surface area (Å²) in [5.74, 6) is 0. The third-order valence-electron chi connectivity index (χ3n) is 4.10. The lowest BCUT2D eigenvalue weighted by Gasteiger charge is -2.13. The molecule has 0 heteroatoms. The van der Waals surface area contributed by atoms with E-state index >= 15 is 0 Å². The average molecular weight is 238 g/mol. The molecule has 0 aliphatic carbocycles. The lowest BCUT2D eigenvalue weighted by molar-refractivity contribution is 1.11. The SMILES string of the molecule is CCc1cc(-c2ccc(C)c(C)c2C)ccc1C. The quantitative estimate of drug-likeness (QED) is 0.678. The van der Waals surface area contributed by atoms with Crippen molar-refractivity contribution in [1.82, 2.24) is 0 Å². The minimum absolute atomic E-state index is 1.10. The zero-order valence-corrected chi connectivity index (χ0v) is 12.1. The summed E-state index contributed by atoms with van der Waals surface area (Å²) < 4.78 is 0. The van der Waals surface area contributed by atoms with Crippen LogP contribution in [0.4, 0.5) is 0 Å². The minimum atomic E-state index is 1.10. The van der Waals surface area contributed by atoms with Gasteiger partial charge in [0, 0.05) is 0 Å². The third kappa shape index (κ3) is 2.20. The monoisotopic (exact) mass is 238 g/mol. The van der Waals surface area contributed by atoms with E-state index < -0.39 is 0 Å². The zero-order valence-electron chi connectivity index (χ0n) is 12.1. The Balaban J connectivity index is 2.59. The van der Waals surface area contributed by atoms with Gasteiger partial charge in [0.25, 0.3) is 0 Å². The summed E-state index contributed by atoms with van der Waals surface area (Å²) in [5.41, 5.74) is 9.74. The van der Waals surface area contributed by atoms with Gasteiger partial charge in [0.1, 0.15) is 0 Å². The Hall–Kier alpha value is -1.56. The predicted molar refractivity (Wildman–Crippen MR) is 80.2 cm³/mol. The first kappa shape index (κ1) is 12.9. The lowest BCUT2D eigenvalue weighted by atomic mass is 9.92. The standard InChI is InChI=1S/C18H22/c1-6-16-11-17(9-7-13(16)3)18-10-8-12(2)14(4)15(18)5/h7-11H,6H2,1-5H3. The Kier molecular flexibility index (Phi) is 3.56. The highest BCUT2D eigenvalue weighted by atomic mass is 14.1. The molecule has 0 aliphatic rings. The Morgan fingerprint density at radius 2 is 1.44 bits per heavy atom. The van der Waals surface area contributed by atoms with Crippen LogP contribution in [-0.4, -0.2) is 0 Å². The molecule has 0 N–H and O–H groups in total. The van der Waals surface area contributed by atoms with Crippen LogP contribution in [0.2, 0.25) is 0 Å². The van der Waals surface area contributed by atoms with Crippen molar-refractivity contribution >= 4 is 0 Å². The highest BCUT2D eigenvalue weighted by Gasteiger charge is 2.07. The molecular formula is C18H22. The van der Waals surface area contributed by atoms with Crippen molar-refractivity contribution in [2.75, 3.05) is 0 Å². The minimum Gasteiger partial charge on any atom is -0.0613 e. The summed E-state index contributed by atoms with van der Waals surface area (Å²) in [6.07, 6.45) is 1.10.